The van der Waals surface area contributed by atoms with Gasteiger partial charge in [0.15, 0.2) is 6.61 Å². The van der Waals surface area contributed by atoms with Gasteiger partial charge in [0.25, 0.3) is 5.91 Å². The molecule has 2 aromatic rings. The van der Waals surface area contributed by atoms with Crippen molar-refractivity contribution in [1.82, 2.24) is 0 Å². The van der Waals surface area contributed by atoms with Crippen LogP contribution < -0.4 is 4.90 Å². The van der Waals surface area contributed by atoms with E-state index in [1.54, 1.807) is 17.0 Å². The molecule has 124 valence electrons. The van der Waals surface area contributed by atoms with Crippen molar-refractivity contribution in [1.29, 1.82) is 0 Å². The van der Waals surface area contributed by atoms with Gasteiger partial charge in [-0.25, -0.2) is 4.79 Å². The van der Waals surface area contributed by atoms with Gasteiger partial charge in [-0.05, 0) is 62.1 Å². The Labute approximate surface area is 142 Å². The molecule has 0 spiro atoms. The molecule has 0 N–H and O–H groups in total. The molecule has 0 unspecified atom stereocenters. The topological polar surface area (TPSA) is 46.6 Å². The number of rotatable bonds is 3. The molecule has 4 nitrogen and oxygen atoms in total. The Hall–Kier alpha value is -2.62. The fourth-order valence-corrected chi connectivity index (χ4v) is 3.09. The van der Waals surface area contributed by atoms with Crippen molar-refractivity contribution in [3.8, 4) is 0 Å². The minimum atomic E-state index is -0.466. The molecule has 24 heavy (non-hydrogen) atoms. The van der Waals surface area contributed by atoms with Gasteiger partial charge < -0.3 is 9.64 Å². The lowest BCUT2D eigenvalue weighted by molar-refractivity contribution is -0.122. The van der Waals surface area contributed by atoms with Gasteiger partial charge in [-0.15, -0.1) is 0 Å². The van der Waals surface area contributed by atoms with Crippen LogP contribution in [0.3, 0.4) is 0 Å². The van der Waals surface area contributed by atoms with E-state index in [-0.39, 0.29) is 18.6 Å². The molecule has 0 fully saturated rings. The summed E-state index contributed by atoms with van der Waals surface area (Å²) in [6.45, 7) is 5.69. The summed E-state index contributed by atoms with van der Waals surface area (Å²) in [5.74, 6) is -0.656. The highest BCUT2D eigenvalue weighted by Crippen LogP contribution is 2.31. The number of carbonyl (C=O) groups excluding carboxylic acids is 2. The number of anilines is 1. The summed E-state index contributed by atoms with van der Waals surface area (Å²) >= 11 is 0. The molecule has 1 aliphatic heterocycles. The van der Waals surface area contributed by atoms with Gasteiger partial charge in [0.1, 0.15) is 0 Å². The lowest BCUT2D eigenvalue weighted by Gasteiger charge is -2.22. The van der Waals surface area contributed by atoms with E-state index in [2.05, 4.69) is 0 Å². The number of ether oxygens (including phenoxy) is 1. The van der Waals surface area contributed by atoms with Crippen LogP contribution in [0, 0.1) is 13.8 Å². The predicted octanol–water partition coefficient (Wildman–Crippen LogP) is 3.44. The van der Waals surface area contributed by atoms with Crippen molar-refractivity contribution in [3.63, 3.8) is 0 Å². The van der Waals surface area contributed by atoms with Crippen LogP contribution in [-0.4, -0.2) is 24.5 Å². The fourth-order valence-electron chi connectivity index (χ4n) is 3.09. The minimum absolute atomic E-state index is 0.0789. The van der Waals surface area contributed by atoms with E-state index in [9.17, 15) is 9.59 Å². The van der Waals surface area contributed by atoms with E-state index in [4.69, 9.17) is 4.74 Å². The van der Waals surface area contributed by atoms with Crippen molar-refractivity contribution in [3.05, 3.63) is 64.7 Å². The van der Waals surface area contributed by atoms with Crippen molar-refractivity contribution >= 4 is 17.6 Å². The number of carbonyl (C=O) groups is 2. The van der Waals surface area contributed by atoms with Crippen LogP contribution in [0.15, 0.2) is 42.5 Å². The van der Waals surface area contributed by atoms with Crippen LogP contribution >= 0.6 is 0 Å². The highest BCUT2D eigenvalue weighted by Gasteiger charge is 2.31. The van der Waals surface area contributed by atoms with Crippen molar-refractivity contribution in [2.75, 3.05) is 11.5 Å². The number of fused-ring (bicyclic) bond motifs is 1. The van der Waals surface area contributed by atoms with Crippen LogP contribution in [0.1, 0.15) is 34.0 Å². The number of amides is 1. The molecular weight excluding hydrogens is 302 g/mol. The standard InChI is InChI=1S/C20H21NO3/c1-13-8-9-17(10-14(13)2)20(23)24-12-19(22)21-15(3)11-16-6-4-5-7-18(16)21/h4-10,15H,11-12H2,1-3H3/t15-/m1/s1. The second kappa shape index (κ2) is 6.48. The van der Waals surface area contributed by atoms with Gasteiger partial charge in [-0.1, -0.05) is 24.3 Å². The third kappa shape index (κ3) is 3.04. The lowest BCUT2D eigenvalue weighted by atomic mass is 10.1. The quantitative estimate of drug-likeness (QED) is 0.813. The normalized spacial score (nSPS) is 16.0. The van der Waals surface area contributed by atoms with Crippen molar-refractivity contribution < 1.29 is 14.3 Å². The Morgan fingerprint density at radius 3 is 2.62 bits per heavy atom. The molecule has 0 saturated carbocycles. The van der Waals surface area contributed by atoms with E-state index in [1.807, 2.05) is 51.1 Å². The van der Waals surface area contributed by atoms with Crippen LogP contribution in [-0.2, 0) is 16.0 Å². The second-order valence-electron chi connectivity index (χ2n) is 6.32. The highest BCUT2D eigenvalue weighted by atomic mass is 16.5. The summed E-state index contributed by atoms with van der Waals surface area (Å²) in [6, 6.07) is 13.3. The fraction of sp³-hybridized carbons (Fsp3) is 0.300. The SMILES string of the molecule is Cc1ccc(C(=O)OCC(=O)N2c3ccccc3C[C@H]2C)cc1C. The molecule has 2 aromatic carbocycles. The number of para-hydroxylation sites is 1. The number of nitrogens with zero attached hydrogens (tertiary/aromatic N) is 1. The predicted molar refractivity (Wildman–Crippen MR) is 93.3 cm³/mol. The molecule has 0 bridgehead atoms. The van der Waals surface area contributed by atoms with Crippen LogP contribution in [0.2, 0.25) is 0 Å². The first-order valence-corrected chi connectivity index (χ1v) is 8.11. The minimum Gasteiger partial charge on any atom is -0.452 e. The Bertz CT molecular complexity index is 797. The Morgan fingerprint density at radius 1 is 1.12 bits per heavy atom. The maximum Gasteiger partial charge on any atom is 0.338 e. The summed E-state index contributed by atoms with van der Waals surface area (Å²) in [6.07, 6.45) is 0.826. The maximum absolute atomic E-state index is 12.5. The summed E-state index contributed by atoms with van der Waals surface area (Å²) < 4.78 is 5.23. The molecule has 0 aliphatic carbocycles. The van der Waals surface area contributed by atoms with E-state index in [1.165, 1.54) is 0 Å². The maximum atomic E-state index is 12.5. The van der Waals surface area contributed by atoms with Gasteiger partial charge in [0, 0.05) is 11.7 Å². The van der Waals surface area contributed by atoms with Gasteiger partial charge in [0.2, 0.25) is 0 Å². The number of hydrogen-bond acceptors (Lipinski definition) is 3. The van der Waals surface area contributed by atoms with E-state index < -0.39 is 5.97 Å². The lowest BCUT2D eigenvalue weighted by Crippen LogP contribution is -2.38. The molecule has 0 saturated heterocycles. The Balaban J connectivity index is 1.67. The largest absolute Gasteiger partial charge is 0.452 e. The number of esters is 1. The van der Waals surface area contributed by atoms with Crippen LogP contribution in [0.4, 0.5) is 5.69 Å². The van der Waals surface area contributed by atoms with E-state index >= 15 is 0 Å². The zero-order chi connectivity index (χ0) is 17.3. The van der Waals surface area contributed by atoms with Crippen molar-refractivity contribution in [2.45, 2.75) is 33.2 Å². The van der Waals surface area contributed by atoms with E-state index in [0.29, 0.717) is 5.56 Å². The van der Waals surface area contributed by atoms with Gasteiger partial charge in [-0.2, -0.15) is 0 Å². The number of aryl methyl sites for hydroxylation is 2. The number of benzene rings is 2. The van der Waals surface area contributed by atoms with Crippen LogP contribution in [0.25, 0.3) is 0 Å². The van der Waals surface area contributed by atoms with Crippen molar-refractivity contribution in [2.24, 2.45) is 0 Å². The molecule has 1 heterocycles. The van der Waals surface area contributed by atoms with E-state index in [0.717, 1.165) is 28.8 Å². The average molecular weight is 323 g/mol. The molecule has 0 radical (unpaired) electrons. The van der Waals surface area contributed by atoms with Crippen LogP contribution in [0.5, 0.6) is 0 Å². The first kappa shape index (κ1) is 16.2. The Kier molecular flexibility index (Phi) is 4.38. The molecule has 1 amide bonds. The summed E-state index contributed by atoms with van der Waals surface area (Å²) in [5, 5.41) is 0. The second-order valence-corrected chi connectivity index (χ2v) is 6.32. The smallest absolute Gasteiger partial charge is 0.338 e. The molecule has 0 aromatic heterocycles. The zero-order valence-electron chi connectivity index (χ0n) is 14.2. The molecule has 3 rings (SSSR count). The third-order valence-corrected chi connectivity index (χ3v) is 4.55. The molecular formula is C20H21NO3. The first-order chi connectivity index (χ1) is 11.5. The highest BCUT2D eigenvalue weighted by molar-refractivity contribution is 5.99. The average Bonchev–Trinajstić information content (AvgIpc) is 2.90. The molecule has 4 heteroatoms. The molecule has 1 aliphatic rings. The Morgan fingerprint density at radius 2 is 1.88 bits per heavy atom. The number of hydrogen-bond donors (Lipinski definition) is 0. The molecule has 1 atom stereocenters. The zero-order valence-corrected chi connectivity index (χ0v) is 14.2. The third-order valence-electron chi connectivity index (χ3n) is 4.55. The van der Waals surface area contributed by atoms with Gasteiger partial charge >= 0.3 is 5.97 Å². The summed E-state index contributed by atoms with van der Waals surface area (Å²) in [4.78, 5) is 26.4. The monoisotopic (exact) mass is 323 g/mol. The summed E-state index contributed by atoms with van der Waals surface area (Å²) in [7, 11) is 0. The first-order valence-electron chi connectivity index (χ1n) is 8.11. The van der Waals surface area contributed by atoms with Gasteiger partial charge in [-0.3, -0.25) is 4.79 Å². The van der Waals surface area contributed by atoms with Gasteiger partial charge in [0.05, 0.1) is 5.56 Å². The summed E-state index contributed by atoms with van der Waals surface area (Å²) in [5.41, 5.74) is 4.68.